The molecule has 0 saturated heterocycles. The summed E-state index contributed by atoms with van der Waals surface area (Å²) >= 11 is 0. The van der Waals surface area contributed by atoms with Gasteiger partial charge in [0.2, 0.25) is 5.78 Å². The maximum atomic E-state index is 11.3. The fraction of sp³-hybridized carbons (Fsp3) is 0.444. The lowest BCUT2D eigenvalue weighted by Gasteiger charge is -1.97. The van der Waals surface area contributed by atoms with Crippen molar-refractivity contribution in [1.82, 2.24) is 0 Å². The first kappa shape index (κ1) is 9.00. The van der Waals surface area contributed by atoms with Crippen LogP contribution in [0.2, 0.25) is 0 Å². The highest BCUT2D eigenvalue weighted by Gasteiger charge is 2.11. The molecule has 0 aliphatic rings. The SMILES string of the molecule is CCOCC(=O)c1occc1C. The van der Waals surface area contributed by atoms with E-state index < -0.39 is 0 Å². The van der Waals surface area contributed by atoms with Gasteiger partial charge in [-0.2, -0.15) is 0 Å². The molecule has 3 heteroatoms. The number of hydrogen-bond acceptors (Lipinski definition) is 3. The highest BCUT2D eigenvalue weighted by Crippen LogP contribution is 2.09. The van der Waals surface area contributed by atoms with Gasteiger partial charge in [0.25, 0.3) is 0 Å². The smallest absolute Gasteiger partial charge is 0.223 e. The first-order valence-corrected chi connectivity index (χ1v) is 3.90. The molecule has 1 aromatic rings. The zero-order valence-electron chi connectivity index (χ0n) is 7.29. The number of ketones is 1. The quantitative estimate of drug-likeness (QED) is 0.643. The van der Waals surface area contributed by atoms with Crippen molar-refractivity contribution in [3.05, 3.63) is 23.7 Å². The summed E-state index contributed by atoms with van der Waals surface area (Å²) in [6, 6.07) is 1.76. The van der Waals surface area contributed by atoms with E-state index in [1.807, 2.05) is 13.8 Å². The standard InChI is InChI=1S/C9H12O3/c1-3-11-6-8(10)9-7(2)4-5-12-9/h4-5H,3,6H2,1-2H3. The second-order valence-corrected chi connectivity index (χ2v) is 2.49. The topological polar surface area (TPSA) is 39.4 Å². The number of aryl methyl sites for hydroxylation is 1. The highest BCUT2D eigenvalue weighted by molar-refractivity contribution is 5.95. The van der Waals surface area contributed by atoms with Gasteiger partial charge in [-0.15, -0.1) is 0 Å². The first-order valence-electron chi connectivity index (χ1n) is 3.90. The van der Waals surface area contributed by atoms with E-state index in [4.69, 9.17) is 9.15 Å². The summed E-state index contributed by atoms with van der Waals surface area (Å²) in [4.78, 5) is 11.3. The molecule has 0 atom stereocenters. The van der Waals surface area contributed by atoms with E-state index in [0.29, 0.717) is 12.4 Å². The summed E-state index contributed by atoms with van der Waals surface area (Å²) in [7, 11) is 0. The van der Waals surface area contributed by atoms with Crippen molar-refractivity contribution >= 4 is 5.78 Å². The number of ether oxygens (including phenoxy) is 1. The lowest BCUT2D eigenvalue weighted by Crippen LogP contribution is -2.08. The Bertz CT molecular complexity index is 262. The zero-order chi connectivity index (χ0) is 8.97. The summed E-state index contributed by atoms with van der Waals surface area (Å²) in [6.07, 6.45) is 1.51. The summed E-state index contributed by atoms with van der Waals surface area (Å²) in [5.74, 6) is 0.308. The summed E-state index contributed by atoms with van der Waals surface area (Å²) in [6.45, 7) is 4.33. The molecule has 0 radical (unpaired) electrons. The van der Waals surface area contributed by atoms with Crippen molar-refractivity contribution in [2.45, 2.75) is 13.8 Å². The Morgan fingerprint density at radius 1 is 1.67 bits per heavy atom. The molecule has 0 saturated carbocycles. The van der Waals surface area contributed by atoms with Gasteiger partial charge >= 0.3 is 0 Å². The van der Waals surface area contributed by atoms with E-state index in [1.165, 1.54) is 6.26 Å². The molecule has 0 aliphatic heterocycles. The Kier molecular flexibility index (Phi) is 3.05. The van der Waals surface area contributed by atoms with E-state index in [1.54, 1.807) is 6.07 Å². The Balaban J connectivity index is 2.59. The van der Waals surface area contributed by atoms with Gasteiger partial charge in [-0.3, -0.25) is 4.79 Å². The molecule has 0 spiro atoms. The number of hydrogen-bond donors (Lipinski definition) is 0. The fourth-order valence-corrected chi connectivity index (χ4v) is 0.919. The molecule has 66 valence electrons. The van der Waals surface area contributed by atoms with E-state index in [-0.39, 0.29) is 12.4 Å². The third kappa shape index (κ3) is 1.95. The van der Waals surface area contributed by atoms with Crippen molar-refractivity contribution in [1.29, 1.82) is 0 Å². The van der Waals surface area contributed by atoms with Crippen LogP contribution in [-0.2, 0) is 4.74 Å². The number of carbonyl (C=O) groups excluding carboxylic acids is 1. The van der Waals surface area contributed by atoms with Crippen LogP contribution < -0.4 is 0 Å². The summed E-state index contributed by atoms with van der Waals surface area (Å²) in [5, 5.41) is 0. The van der Waals surface area contributed by atoms with Gasteiger partial charge in [0.05, 0.1) is 6.26 Å². The van der Waals surface area contributed by atoms with E-state index in [9.17, 15) is 4.79 Å². The van der Waals surface area contributed by atoms with Crippen LogP contribution in [0.3, 0.4) is 0 Å². The molecular formula is C9H12O3. The van der Waals surface area contributed by atoms with Crippen LogP contribution in [0.4, 0.5) is 0 Å². The minimum absolute atomic E-state index is 0.0978. The van der Waals surface area contributed by atoms with E-state index >= 15 is 0 Å². The third-order valence-electron chi connectivity index (χ3n) is 1.55. The number of Topliss-reactive ketones (excluding diaryl/α,β-unsaturated/α-hetero) is 1. The molecule has 1 rings (SSSR count). The van der Waals surface area contributed by atoms with Gasteiger partial charge in [0, 0.05) is 6.61 Å². The number of furan rings is 1. The van der Waals surface area contributed by atoms with Crippen molar-refractivity contribution < 1.29 is 13.9 Å². The maximum Gasteiger partial charge on any atom is 0.223 e. The predicted octanol–water partition coefficient (Wildman–Crippen LogP) is 1.81. The summed E-state index contributed by atoms with van der Waals surface area (Å²) in [5.41, 5.74) is 0.861. The Morgan fingerprint density at radius 2 is 2.42 bits per heavy atom. The van der Waals surface area contributed by atoms with Gasteiger partial charge < -0.3 is 9.15 Å². The second kappa shape index (κ2) is 4.07. The predicted molar refractivity (Wildman–Crippen MR) is 44.3 cm³/mol. The summed E-state index contributed by atoms with van der Waals surface area (Å²) < 4.78 is 9.96. The van der Waals surface area contributed by atoms with E-state index in [0.717, 1.165) is 5.56 Å². The average Bonchev–Trinajstić information content (AvgIpc) is 2.47. The molecule has 1 aromatic heterocycles. The monoisotopic (exact) mass is 168 g/mol. The van der Waals surface area contributed by atoms with Crippen molar-refractivity contribution in [2.24, 2.45) is 0 Å². The maximum absolute atomic E-state index is 11.3. The van der Waals surface area contributed by atoms with Crippen LogP contribution in [0.25, 0.3) is 0 Å². The van der Waals surface area contributed by atoms with Crippen molar-refractivity contribution in [2.75, 3.05) is 13.2 Å². The highest BCUT2D eigenvalue weighted by atomic mass is 16.5. The molecule has 12 heavy (non-hydrogen) atoms. The van der Waals surface area contributed by atoms with Gasteiger partial charge in [-0.05, 0) is 25.5 Å². The zero-order valence-corrected chi connectivity index (χ0v) is 7.29. The van der Waals surface area contributed by atoms with Gasteiger partial charge in [-0.1, -0.05) is 0 Å². The molecule has 0 bridgehead atoms. The number of carbonyl (C=O) groups is 1. The van der Waals surface area contributed by atoms with Crippen LogP contribution in [0.15, 0.2) is 16.7 Å². The molecule has 0 aromatic carbocycles. The van der Waals surface area contributed by atoms with Gasteiger partial charge in [0.1, 0.15) is 6.61 Å². The first-order chi connectivity index (χ1) is 5.75. The van der Waals surface area contributed by atoms with Gasteiger partial charge in [-0.25, -0.2) is 0 Å². The molecule has 0 unspecified atom stereocenters. The van der Waals surface area contributed by atoms with Gasteiger partial charge in [0.15, 0.2) is 5.76 Å². The molecule has 0 N–H and O–H groups in total. The normalized spacial score (nSPS) is 10.2. The minimum atomic E-state index is -0.0978. The fourth-order valence-electron chi connectivity index (χ4n) is 0.919. The second-order valence-electron chi connectivity index (χ2n) is 2.49. The third-order valence-corrected chi connectivity index (χ3v) is 1.55. The van der Waals surface area contributed by atoms with Crippen LogP contribution in [0.1, 0.15) is 23.0 Å². The molecule has 0 fully saturated rings. The molecule has 3 nitrogen and oxygen atoms in total. The molecule has 0 aliphatic carbocycles. The van der Waals surface area contributed by atoms with Crippen LogP contribution >= 0.6 is 0 Å². The van der Waals surface area contributed by atoms with Crippen molar-refractivity contribution in [3.63, 3.8) is 0 Å². The van der Waals surface area contributed by atoms with E-state index in [2.05, 4.69) is 0 Å². The molecular weight excluding hydrogens is 156 g/mol. The Labute approximate surface area is 71.3 Å². The van der Waals surface area contributed by atoms with Crippen LogP contribution in [0, 0.1) is 6.92 Å². The largest absolute Gasteiger partial charge is 0.461 e. The number of rotatable bonds is 4. The van der Waals surface area contributed by atoms with Crippen LogP contribution in [0.5, 0.6) is 0 Å². The Morgan fingerprint density at radius 3 is 2.92 bits per heavy atom. The lowest BCUT2D eigenvalue weighted by atomic mass is 10.2. The average molecular weight is 168 g/mol. The van der Waals surface area contributed by atoms with Crippen LogP contribution in [-0.4, -0.2) is 19.0 Å². The minimum Gasteiger partial charge on any atom is -0.461 e. The molecule has 0 amide bonds. The van der Waals surface area contributed by atoms with Crippen molar-refractivity contribution in [3.8, 4) is 0 Å². The lowest BCUT2D eigenvalue weighted by molar-refractivity contribution is 0.0755. The molecule has 1 heterocycles. The Hall–Kier alpha value is -1.09.